The van der Waals surface area contributed by atoms with Crippen molar-refractivity contribution in [2.24, 2.45) is 0 Å². The monoisotopic (exact) mass is 351 g/mol. The van der Waals surface area contributed by atoms with Crippen LogP contribution in [0.1, 0.15) is 18.3 Å². The number of aromatic nitrogens is 6. The van der Waals surface area contributed by atoms with E-state index in [2.05, 4.69) is 20.3 Å². The first-order valence-corrected chi connectivity index (χ1v) is 7.88. The van der Waals surface area contributed by atoms with E-state index in [0.717, 1.165) is 0 Å². The van der Waals surface area contributed by atoms with Crippen LogP contribution in [0.4, 0.5) is 5.69 Å². The van der Waals surface area contributed by atoms with Crippen molar-refractivity contribution in [3.63, 3.8) is 0 Å². The molecule has 10 nitrogen and oxygen atoms in total. The van der Waals surface area contributed by atoms with Gasteiger partial charge in [-0.05, 0) is 19.1 Å². The van der Waals surface area contributed by atoms with Crippen LogP contribution in [0.15, 0.2) is 35.3 Å². The Kier molecular flexibility index (Phi) is 3.46. The van der Waals surface area contributed by atoms with Crippen molar-refractivity contribution in [2.75, 3.05) is 0 Å². The molecule has 0 spiro atoms. The van der Waals surface area contributed by atoms with Gasteiger partial charge >= 0.3 is 0 Å². The molecule has 0 fully saturated rings. The van der Waals surface area contributed by atoms with Crippen molar-refractivity contribution in [3.8, 4) is 5.69 Å². The van der Waals surface area contributed by atoms with E-state index in [0.29, 0.717) is 34.8 Å². The highest BCUT2D eigenvalue weighted by molar-refractivity contribution is 5.74. The first-order chi connectivity index (χ1) is 12.5. The maximum Gasteiger partial charge on any atom is 0.285 e. The molecule has 0 saturated carbocycles. The molecule has 0 aliphatic rings. The number of hydrogen-bond acceptors (Lipinski definition) is 7. The van der Waals surface area contributed by atoms with Gasteiger partial charge in [0.15, 0.2) is 11.3 Å². The van der Waals surface area contributed by atoms with Gasteiger partial charge < -0.3 is 0 Å². The summed E-state index contributed by atoms with van der Waals surface area (Å²) in [5.74, 6) is 0.919. The molecule has 3 aromatic heterocycles. The average Bonchev–Trinajstić information content (AvgIpc) is 3.06. The summed E-state index contributed by atoms with van der Waals surface area (Å²) in [6.45, 7) is 3.56. The fourth-order valence-electron chi connectivity index (χ4n) is 2.74. The molecule has 130 valence electrons. The van der Waals surface area contributed by atoms with E-state index in [9.17, 15) is 14.9 Å². The first-order valence-electron chi connectivity index (χ1n) is 7.88. The topological polar surface area (TPSA) is 121 Å². The SMILES string of the molecule is CCc1nc2nnc3c(=O)n(-c4ccc(C)c([N+](=O)[O-])c4)ccc3n2n1. The van der Waals surface area contributed by atoms with Gasteiger partial charge in [0.25, 0.3) is 17.0 Å². The lowest BCUT2D eigenvalue weighted by Gasteiger charge is -2.08. The van der Waals surface area contributed by atoms with E-state index < -0.39 is 10.5 Å². The standard InChI is InChI=1S/C16H13N7O3/c1-3-13-17-16-19-18-14-11(22(16)20-13)6-7-21(15(14)24)10-5-4-9(2)12(8-10)23(25)26/h4-8H,3H2,1-2H3. The minimum atomic E-state index is -0.476. The van der Waals surface area contributed by atoms with E-state index in [1.54, 1.807) is 25.1 Å². The molecule has 0 radical (unpaired) electrons. The van der Waals surface area contributed by atoms with E-state index >= 15 is 0 Å². The molecule has 0 aliphatic heterocycles. The summed E-state index contributed by atoms with van der Waals surface area (Å²) in [5, 5.41) is 23.4. The molecule has 4 rings (SSSR count). The Labute approximate surface area is 145 Å². The number of fused-ring (bicyclic) bond motifs is 3. The summed E-state index contributed by atoms with van der Waals surface area (Å²) in [4.78, 5) is 27.8. The summed E-state index contributed by atoms with van der Waals surface area (Å²) < 4.78 is 2.78. The lowest BCUT2D eigenvalue weighted by molar-refractivity contribution is -0.385. The van der Waals surface area contributed by atoms with Gasteiger partial charge in [-0.15, -0.1) is 15.3 Å². The molecule has 4 aromatic rings. The lowest BCUT2D eigenvalue weighted by atomic mass is 10.2. The van der Waals surface area contributed by atoms with Gasteiger partial charge in [-0.1, -0.05) is 13.0 Å². The van der Waals surface area contributed by atoms with Gasteiger partial charge in [-0.2, -0.15) is 9.50 Å². The number of nitro benzene ring substituents is 1. The highest BCUT2D eigenvalue weighted by Crippen LogP contribution is 2.21. The summed E-state index contributed by atoms with van der Waals surface area (Å²) in [5.41, 5.74) is 0.983. The number of aryl methyl sites for hydroxylation is 2. The van der Waals surface area contributed by atoms with Gasteiger partial charge in [0, 0.05) is 24.2 Å². The molecular formula is C16H13N7O3. The molecule has 3 heterocycles. The van der Waals surface area contributed by atoms with Crippen LogP contribution in [-0.2, 0) is 6.42 Å². The van der Waals surface area contributed by atoms with Crippen molar-refractivity contribution in [1.82, 2.24) is 29.4 Å². The third-order valence-corrected chi connectivity index (χ3v) is 4.13. The number of benzene rings is 1. The molecule has 0 aliphatic carbocycles. The van der Waals surface area contributed by atoms with Gasteiger partial charge in [0.2, 0.25) is 0 Å². The highest BCUT2D eigenvalue weighted by atomic mass is 16.6. The minimum Gasteiger partial charge on any atom is -0.282 e. The van der Waals surface area contributed by atoms with Crippen molar-refractivity contribution in [2.45, 2.75) is 20.3 Å². The Balaban J connectivity index is 1.97. The van der Waals surface area contributed by atoms with E-state index in [4.69, 9.17) is 0 Å². The maximum absolute atomic E-state index is 12.8. The van der Waals surface area contributed by atoms with E-state index in [-0.39, 0.29) is 11.2 Å². The Morgan fingerprint density at radius 2 is 2.04 bits per heavy atom. The van der Waals surface area contributed by atoms with Crippen molar-refractivity contribution < 1.29 is 4.92 Å². The second-order valence-electron chi connectivity index (χ2n) is 5.75. The summed E-state index contributed by atoms with van der Waals surface area (Å²) in [7, 11) is 0. The van der Waals surface area contributed by atoms with Gasteiger partial charge in [0.1, 0.15) is 5.52 Å². The number of pyridine rings is 1. The fraction of sp³-hybridized carbons (Fsp3) is 0.188. The number of nitro groups is 1. The lowest BCUT2D eigenvalue weighted by Crippen LogP contribution is -2.20. The molecule has 10 heteroatoms. The smallest absolute Gasteiger partial charge is 0.282 e. The summed E-state index contributed by atoms with van der Waals surface area (Å²) >= 11 is 0. The maximum atomic E-state index is 12.8. The second-order valence-corrected chi connectivity index (χ2v) is 5.75. The zero-order valence-corrected chi connectivity index (χ0v) is 13.9. The van der Waals surface area contributed by atoms with Gasteiger partial charge in [0.05, 0.1) is 10.6 Å². The molecule has 0 amide bonds. The second kappa shape index (κ2) is 5.69. The number of nitrogens with zero attached hydrogens (tertiary/aromatic N) is 7. The van der Waals surface area contributed by atoms with Crippen molar-refractivity contribution in [3.05, 3.63) is 62.3 Å². The largest absolute Gasteiger partial charge is 0.285 e. The predicted molar refractivity (Wildman–Crippen MR) is 92.4 cm³/mol. The Morgan fingerprint density at radius 3 is 2.77 bits per heavy atom. The highest BCUT2D eigenvalue weighted by Gasteiger charge is 2.16. The van der Waals surface area contributed by atoms with Crippen LogP contribution in [0.5, 0.6) is 0 Å². The molecule has 0 bridgehead atoms. The molecule has 1 aromatic carbocycles. The summed E-state index contributed by atoms with van der Waals surface area (Å²) in [6.07, 6.45) is 2.17. The quantitative estimate of drug-likeness (QED) is 0.406. The van der Waals surface area contributed by atoms with Crippen LogP contribution in [0.3, 0.4) is 0 Å². The van der Waals surface area contributed by atoms with Gasteiger partial charge in [-0.25, -0.2) is 0 Å². The Morgan fingerprint density at radius 1 is 1.23 bits per heavy atom. The fourth-order valence-corrected chi connectivity index (χ4v) is 2.74. The molecular weight excluding hydrogens is 338 g/mol. The van der Waals surface area contributed by atoms with Crippen LogP contribution in [-0.4, -0.2) is 34.3 Å². The van der Waals surface area contributed by atoms with Crippen LogP contribution in [0.25, 0.3) is 22.5 Å². The van der Waals surface area contributed by atoms with Crippen molar-refractivity contribution >= 4 is 22.5 Å². The molecule has 0 saturated heterocycles. The third kappa shape index (κ3) is 2.31. The van der Waals surface area contributed by atoms with Crippen LogP contribution >= 0.6 is 0 Å². The normalized spacial score (nSPS) is 11.3. The molecule has 0 unspecified atom stereocenters. The Bertz CT molecular complexity index is 1240. The zero-order valence-electron chi connectivity index (χ0n) is 13.9. The predicted octanol–water partition coefficient (Wildman–Crippen LogP) is 1.60. The summed E-state index contributed by atoms with van der Waals surface area (Å²) in [6, 6.07) is 6.27. The van der Waals surface area contributed by atoms with Crippen molar-refractivity contribution in [1.29, 1.82) is 0 Å². The molecule has 0 atom stereocenters. The van der Waals surface area contributed by atoms with Crippen LogP contribution < -0.4 is 5.56 Å². The Hall–Kier alpha value is -3.69. The number of hydrogen-bond donors (Lipinski definition) is 0. The molecule has 0 N–H and O–H groups in total. The van der Waals surface area contributed by atoms with E-state index in [1.165, 1.54) is 21.3 Å². The minimum absolute atomic E-state index is 0.0557. The van der Waals surface area contributed by atoms with Crippen LogP contribution in [0.2, 0.25) is 0 Å². The first kappa shape index (κ1) is 15.8. The number of rotatable bonds is 3. The third-order valence-electron chi connectivity index (χ3n) is 4.13. The van der Waals surface area contributed by atoms with Crippen LogP contribution in [0, 0.1) is 17.0 Å². The molecule has 26 heavy (non-hydrogen) atoms. The zero-order chi connectivity index (χ0) is 18.4. The van der Waals surface area contributed by atoms with E-state index in [1.807, 2.05) is 6.92 Å². The average molecular weight is 351 g/mol. The van der Waals surface area contributed by atoms with Gasteiger partial charge in [-0.3, -0.25) is 19.5 Å².